The van der Waals surface area contributed by atoms with Crippen molar-refractivity contribution in [3.63, 3.8) is 0 Å². The number of nitrogens with one attached hydrogen (secondary N) is 1. The Balaban J connectivity index is 2.50. The number of carboxylic acids is 1. The predicted octanol–water partition coefficient (Wildman–Crippen LogP) is 2.64. The zero-order chi connectivity index (χ0) is 18.3. The van der Waals surface area contributed by atoms with Gasteiger partial charge in [0.2, 0.25) is 0 Å². The van der Waals surface area contributed by atoms with Gasteiger partial charge in [0.25, 0.3) is 0 Å². The van der Waals surface area contributed by atoms with E-state index in [9.17, 15) is 14.4 Å². The van der Waals surface area contributed by atoms with Gasteiger partial charge >= 0.3 is 12.1 Å². The van der Waals surface area contributed by atoms with Gasteiger partial charge in [-0.15, -0.1) is 0 Å². The van der Waals surface area contributed by atoms with Gasteiger partial charge in [-0.05, 0) is 52.0 Å². The van der Waals surface area contributed by atoms with Crippen molar-refractivity contribution in [2.75, 3.05) is 6.61 Å². The minimum Gasteiger partial charge on any atom is -0.494 e. The summed E-state index contributed by atoms with van der Waals surface area (Å²) in [6.45, 7) is 6.63. The quantitative estimate of drug-likeness (QED) is 0.742. The van der Waals surface area contributed by atoms with E-state index in [1.54, 1.807) is 45.0 Å². The van der Waals surface area contributed by atoms with Gasteiger partial charge in [-0.25, -0.2) is 9.59 Å². The smallest absolute Gasteiger partial charge is 0.408 e. The summed E-state index contributed by atoms with van der Waals surface area (Å²) in [5, 5.41) is 11.4. The van der Waals surface area contributed by atoms with E-state index in [4.69, 9.17) is 14.6 Å². The van der Waals surface area contributed by atoms with Crippen LogP contribution in [-0.4, -0.2) is 41.2 Å². The number of alkyl carbamates (subject to hydrolysis) is 1. The molecular weight excluding hydrogens is 314 g/mol. The summed E-state index contributed by atoms with van der Waals surface area (Å²) >= 11 is 0. The molecule has 0 aromatic heterocycles. The van der Waals surface area contributed by atoms with Crippen LogP contribution in [0.4, 0.5) is 4.79 Å². The number of aliphatic carboxylic acids is 1. The number of Topliss-reactive ketones (excluding diaryl/α,β-unsaturated/α-hetero) is 1. The number of benzene rings is 1. The molecule has 0 bridgehead atoms. The molecule has 0 aliphatic carbocycles. The number of amides is 1. The highest BCUT2D eigenvalue weighted by Gasteiger charge is 2.23. The van der Waals surface area contributed by atoms with Crippen LogP contribution in [0.2, 0.25) is 0 Å². The molecule has 0 saturated carbocycles. The van der Waals surface area contributed by atoms with Crippen molar-refractivity contribution >= 4 is 17.8 Å². The van der Waals surface area contributed by atoms with Gasteiger partial charge in [-0.3, -0.25) is 4.79 Å². The fourth-order valence-corrected chi connectivity index (χ4v) is 1.79. The Morgan fingerprint density at radius 3 is 2.21 bits per heavy atom. The summed E-state index contributed by atoms with van der Waals surface area (Å²) in [5.41, 5.74) is -0.139. The van der Waals surface area contributed by atoms with Gasteiger partial charge in [0, 0.05) is 12.0 Å². The number of carboxylic acid groups (broad SMARTS) is 1. The standard InChI is InChI=1S/C17H23NO6/c1-11(19)12-5-7-13(8-6-12)23-10-9-14(15(20)21)18-16(22)24-17(2,3)4/h5-8,14H,9-10H2,1-4H3,(H,18,22)(H,20,21)/t14-/m1/s1. The molecule has 0 unspecified atom stereocenters. The first-order valence-electron chi connectivity index (χ1n) is 7.54. The van der Waals surface area contributed by atoms with Crippen LogP contribution in [0.25, 0.3) is 0 Å². The molecule has 1 rings (SSSR count). The van der Waals surface area contributed by atoms with Gasteiger partial charge < -0.3 is 19.9 Å². The van der Waals surface area contributed by atoms with Crippen LogP contribution in [0.1, 0.15) is 44.5 Å². The summed E-state index contributed by atoms with van der Waals surface area (Å²) in [6.07, 6.45) is -0.719. The Hall–Kier alpha value is -2.57. The van der Waals surface area contributed by atoms with E-state index in [0.717, 1.165) is 0 Å². The molecule has 1 aromatic carbocycles. The molecule has 2 N–H and O–H groups in total. The van der Waals surface area contributed by atoms with Crippen molar-refractivity contribution in [3.05, 3.63) is 29.8 Å². The number of carbonyl (C=O) groups is 3. The highest BCUT2D eigenvalue weighted by Crippen LogP contribution is 2.13. The number of ether oxygens (including phenoxy) is 2. The van der Waals surface area contributed by atoms with E-state index in [-0.39, 0.29) is 18.8 Å². The monoisotopic (exact) mass is 337 g/mol. The second-order valence-corrected chi connectivity index (χ2v) is 6.25. The molecule has 0 heterocycles. The third kappa shape index (κ3) is 7.13. The summed E-state index contributed by atoms with van der Waals surface area (Å²) in [6, 6.07) is 5.41. The van der Waals surface area contributed by atoms with Crippen LogP contribution in [0.15, 0.2) is 24.3 Å². The fourth-order valence-electron chi connectivity index (χ4n) is 1.79. The highest BCUT2D eigenvalue weighted by atomic mass is 16.6. The molecule has 0 aliphatic rings. The molecule has 1 amide bonds. The van der Waals surface area contributed by atoms with Gasteiger partial charge in [0.1, 0.15) is 17.4 Å². The average Bonchev–Trinajstić information content (AvgIpc) is 2.44. The molecule has 1 aromatic rings. The Kier molecular flexibility index (Phi) is 6.76. The summed E-state index contributed by atoms with van der Waals surface area (Å²) in [7, 11) is 0. The molecule has 0 saturated heterocycles. The molecule has 0 radical (unpaired) electrons. The van der Waals surface area contributed by atoms with E-state index in [2.05, 4.69) is 5.32 Å². The summed E-state index contributed by atoms with van der Waals surface area (Å²) in [4.78, 5) is 34.0. The van der Waals surface area contributed by atoms with Gasteiger partial charge in [-0.1, -0.05) is 0 Å². The predicted molar refractivity (Wildman–Crippen MR) is 87.4 cm³/mol. The third-order valence-electron chi connectivity index (χ3n) is 2.93. The number of ketones is 1. The van der Waals surface area contributed by atoms with Crippen LogP contribution in [0, 0.1) is 0 Å². The largest absolute Gasteiger partial charge is 0.494 e. The molecule has 132 valence electrons. The molecule has 0 aliphatic heterocycles. The third-order valence-corrected chi connectivity index (χ3v) is 2.93. The van der Waals surface area contributed by atoms with Crippen LogP contribution >= 0.6 is 0 Å². The Morgan fingerprint density at radius 1 is 1.17 bits per heavy atom. The maximum absolute atomic E-state index is 11.6. The molecule has 7 heteroatoms. The van der Waals surface area contributed by atoms with Crippen LogP contribution in [0.3, 0.4) is 0 Å². The maximum atomic E-state index is 11.6. The Labute approximate surface area is 141 Å². The van der Waals surface area contributed by atoms with Crippen molar-refractivity contribution < 1.29 is 29.0 Å². The van der Waals surface area contributed by atoms with E-state index in [1.165, 1.54) is 6.92 Å². The lowest BCUT2D eigenvalue weighted by atomic mass is 10.1. The number of hydrogen-bond acceptors (Lipinski definition) is 5. The summed E-state index contributed by atoms with van der Waals surface area (Å²) in [5.74, 6) is -0.702. The minimum absolute atomic E-state index is 0.0472. The SMILES string of the molecule is CC(=O)c1ccc(OCC[C@@H](NC(=O)OC(C)(C)C)C(=O)O)cc1. The lowest BCUT2D eigenvalue weighted by Gasteiger charge is -2.22. The van der Waals surface area contributed by atoms with Gasteiger partial charge in [-0.2, -0.15) is 0 Å². The zero-order valence-corrected chi connectivity index (χ0v) is 14.3. The van der Waals surface area contributed by atoms with Crippen LogP contribution < -0.4 is 10.1 Å². The lowest BCUT2D eigenvalue weighted by Crippen LogP contribution is -2.44. The lowest BCUT2D eigenvalue weighted by molar-refractivity contribution is -0.139. The van der Waals surface area contributed by atoms with Crippen molar-refractivity contribution in [2.24, 2.45) is 0 Å². The van der Waals surface area contributed by atoms with Gasteiger partial charge in [0.15, 0.2) is 5.78 Å². The number of hydrogen-bond donors (Lipinski definition) is 2. The molecule has 1 atom stereocenters. The van der Waals surface area contributed by atoms with Crippen LogP contribution in [-0.2, 0) is 9.53 Å². The van der Waals surface area contributed by atoms with Crippen molar-refractivity contribution in [1.29, 1.82) is 0 Å². The van der Waals surface area contributed by atoms with Crippen molar-refractivity contribution in [1.82, 2.24) is 5.32 Å². The van der Waals surface area contributed by atoms with E-state index >= 15 is 0 Å². The van der Waals surface area contributed by atoms with Crippen molar-refractivity contribution in [2.45, 2.75) is 45.8 Å². The number of rotatable bonds is 7. The van der Waals surface area contributed by atoms with Crippen LogP contribution in [0.5, 0.6) is 5.75 Å². The molecular formula is C17H23NO6. The Bertz CT molecular complexity index is 588. The fraction of sp³-hybridized carbons (Fsp3) is 0.471. The zero-order valence-electron chi connectivity index (χ0n) is 14.3. The first kappa shape index (κ1) is 19.5. The molecule has 24 heavy (non-hydrogen) atoms. The van der Waals surface area contributed by atoms with E-state index < -0.39 is 23.7 Å². The van der Waals surface area contributed by atoms with E-state index in [0.29, 0.717) is 11.3 Å². The van der Waals surface area contributed by atoms with E-state index in [1.807, 2.05) is 0 Å². The van der Waals surface area contributed by atoms with Crippen molar-refractivity contribution in [3.8, 4) is 5.75 Å². The first-order valence-corrected chi connectivity index (χ1v) is 7.54. The first-order chi connectivity index (χ1) is 11.1. The molecule has 0 spiro atoms. The second kappa shape index (κ2) is 8.33. The Morgan fingerprint density at radius 2 is 1.75 bits per heavy atom. The summed E-state index contributed by atoms with van der Waals surface area (Å²) < 4.78 is 10.5. The second-order valence-electron chi connectivity index (χ2n) is 6.25. The highest BCUT2D eigenvalue weighted by molar-refractivity contribution is 5.94. The normalized spacial score (nSPS) is 12.2. The number of carbonyl (C=O) groups excluding carboxylic acids is 2. The topological polar surface area (TPSA) is 102 Å². The molecule has 7 nitrogen and oxygen atoms in total. The average molecular weight is 337 g/mol. The van der Waals surface area contributed by atoms with Gasteiger partial charge in [0.05, 0.1) is 6.61 Å². The molecule has 0 fully saturated rings. The minimum atomic E-state index is -1.17. The maximum Gasteiger partial charge on any atom is 0.408 e.